The maximum atomic E-state index is 11.8. The van der Waals surface area contributed by atoms with Crippen LogP contribution in [-0.4, -0.2) is 11.1 Å². The lowest BCUT2D eigenvalue weighted by molar-refractivity contribution is -0.130. The van der Waals surface area contributed by atoms with E-state index in [9.17, 15) is 4.79 Å². The van der Waals surface area contributed by atoms with E-state index in [4.69, 9.17) is 5.21 Å². The van der Waals surface area contributed by atoms with Crippen molar-refractivity contribution in [1.82, 2.24) is 5.48 Å². The predicted molar refractivity (Wildman–Crippen MR) is 71.8 cm³/mol. The van der Waals surface area contributed by atoms with Gasteiger partial charge in [-0.3, -0.25) is 10.0 Å². The third kappa shape index (κ3) is 2.13. The van der Waals surface area contributed by atoms with Crippen molar-refractivity contribution in [3.8, 4) is 0 Å². The van der Waals surface area contributed by atoms with Crippen molar-refractivity contribution in [3.63, 3.8) is 0 Å². The summed E-state index contributed by atoms with van der Waals surface area (Å²) in [5.41, 5.74) is 4.07. The van der Waals surface area contributed by atoms with Gasteiger partial charge in [0.2, 0.25) is 5.91 Å². The van der Waals surface area contributed by atoms with E-state index >= 15 is 0 Å². The molecule has 0 radical (unpaired) electrons. The van der Waals surface area contributed by atoms with Crippen LogP contribution in [0.15, 0.2) is 60.7 Å². The molecule has 19 heavy (non-hydrogen) atoms. The topological polar surface area (TPSA) is 49.3 Å². The van der Waals surface area contributed by atoms with Gasteiger partial charge in [-0.1, -0.05) is 60.7 Å². The molecule has 0 spiro atoms. The fourth-order valence-electron chi connectivity index (χ4n) is 2.89. The lowest BCUT2D eigenvalue weighted by Gasteiger charge is -1.99. The highest BCUT2D eigenvalue weighted by Gasteiger charge is 2.55. The third-order valence-electron chi connectivity index (χ3n) is 3.80. The van der Waals surface area contributed by atoms with Gasteiger partial charge in [0.05, 0.1) is 5.92 Å². The first-order valence-electron chi connectivity index (χ1n) is 6.37. The van der Waals surface area contributed by atoms with Crippen LogP contribution in [0.1, 0.15) is 23.0 Å². The number of hydrogen-bond acceptors (Lipinski definition) is 2. The predicted octanol–water partition coefficient (Wildman–Crippen LogP) is 2.69. The fraction of sp³-hybridized carbons (Fsp3) is 0.188. The molecule has 0 heterocycles. The van der Waals surface area contributed by atoms with Crippen molar-refractivity contribution < 1.29 is 10.0 Å². The lowest BCUT2D eigenvalue weighted by Crippen LogP contribution is -2.21. The van der Waals surface area contributed by atoms with Gasteiger partial charge in [0, 0.05) is 11.8 Å². The van der Waals surface area contributed by atoms with E-state index in [2.05, 4.69) is 0 Å². The van der Waals surface area contributed by atoms with Crippen LogP contribution < -0.4 is 5.48 Å². The second kappa shape index (κ2) is 4.86. The van der Waals surface area contributed by atoms with Crippen LogP contribution in [-0.2, 0) is 4.79 Å². The summed E-state index contributed by atoms with van der Waals surface area (Å²) in [6.07, 6.45) is 0. The molecule has 0 unspecified atom stereocenters. The van der Waals surface area contributed by atoms with Gasteiger partial charge in [0.15, 0.2) is 0 Å². The van der Waals surface area contributed by atoms with Crippen LogP contribution in [0.3, 0.4) is 0 Å². The van der Waals surface area contributed by atoms with Gasteiger partial charge in [-0.05, 0) is 11.1 Å². The Balaban J connectivity index is 1.93. The quantitative estimate of drug-likeness (QED) is 0.652. The molecule has 2 atom stereocenters. The summed E-state index contributed by atoms with van der Waals surface area (Å²) in [5.74, 6) is -0.191. The molecular weight excluding hydrogens is 238 g/mol. The van der Waals surface area contributed by atoms with Crippen molar-refractivity contribution >= 4 is 5.91 Å². The molecule has 0 aliphatic heterocycles. The van der Waals surface area contributed by atoms with Crippen LogP contribution in [0.5, 0.6) is 0 Å². The van der Waals surface area contributed by atoms with Crippen molar-refractivity contribution in [2.75, 3.05) is 0 Å². The second-order valence-electron chi connectivity index (χ2n) is 4.87. The molecule has 0 bridgehead atoms. The number of benzene rings is 2. The molecular formula is C16H15NO2. The summed E-state index contributed by atoms with van der Waals surface area (Å²) < 4.78 is 0. The highest BCUT2D eigenvalue weighted by molar-refractivity contribution is 5.84. The summed E-state index contributed by atoms with van der Waals surface area (Å²) in [4.78, 5) is 11.8. The summed E-state index contributed by atoms with van der Waals surface area (Å²) in [5, 5.41) is 8.88. The normalized spacial score (nSPS) is 24.8. The number of nitrogens with one attached hydrogen (secondary N) is 1. The molecule has 0 aromatic heterocycles. The van der Waals surface area contributed by atoms with Gasteiger partial charge < -0.3 is 0 Å². The van der Waals surface area contributed by atoms with Gasteiger partial charge in [-0.25, -0.2) is 5.48 Å². The summed E-state index contributed by atoms with van der Waals surface area (Å²) in [7, 11) is 0. The monoisotopic (exact) mass is 253 g/mol. The van der Waals surface area contributed by atoms with Crippen LogP contribution >= 0.6 is 0 Å². The maximum absolute atomic E-state index is 11.8. The first-order chi connectivity index (χ1) is 9.33. The van der Waals surface area contributed by atoms with Crippen LogP contribution in [0, 0.1) is 5.92 Å². The van der Waals surface area contributed by atoms with Crippen molar-refractivity contribution in [2.24, 2.45) is 5.92 Å². The lowest BCUT2D eigenvalue weighted by atomic mass is 10.0. The maximum Gasteiger partial charge on any atom is 0.247 e. The van der Waals surface area contributed by atoms with Gasteiger partial charge in [0.25, 0.3) is 0 Å². The van der Waals surface area contributed by atoms with E-state index in [0.717, 1.165) is 11.1 Å². The van der Waals surface area contributed by atoms with Crippen molar-refractivity contribution in [1.29, 1.82) is 0 Å². The molecule has 1 aliphatic carbocycles. The van der Waals surface area contributed by atoms with Crippen LogP contribution in [0.4, 0.5) is 0 Å². The Labute approximate surface area is 111 Å². The number of hydrogen-bond donors (Lipinski definition) is 2. The molecule has 2 aromatic carbocycles. The van der Waals surface area contributed by atoms with E-state index in [0.29, 0.717) is 0 Å². The average Bonchev–Trinajstić information content (AvgIpc) is 3.24. The molecule has 1 saturated carbocycles. The van der Waals surface area contributed by atoms with E-state index < -0.39 is 0 Å². The molecule has 1 aliphatic rings. The van der Waals surface area contributed by atoms with Gasteiger partial charge in [0.1, 0.15) is 0 Å². The molecule has 96 valence electrons. The smallest absolute Gasteiger partial charge is 0.247 e. The van der Waals surface area contributed by atoms with E-state index in [-0.39, 0.29) is 23.7 Å². The van der Waals surface area contributed by atoms with Crippen molar-refractivity contribution in [3.05, 3.63) is 71.8 Å². The summed E-state index contributed by atoms with van der Waals surface area (Å²) in [6, 6.07) is 20.0. The zero-order valence-corrected chi connectivity index (χ0v) is 10.4. The number of rotatable bonds is 3. The Bertz CT molecular complexity index is 522. The number of carbonyl (C=O) groups is 1. The van der Waals surface area contributed by atoms with Gasteiger partial charge in [-0.2, -0.15) is 0 Å². The van der Waals surface area contributed by atoms with E-state index in [1.807, 2.05) is 60.7 Å². The Morgan fingerprint density at radius 3 is 1.63 bits per heavy atom. The highest BCUT2D eigenvalue weighted by Crippen LogP contribution is 2.60. The molecule has 2 N–H and O–H groups in total. The Hall–Kier alpha value is -2.13. The zero-order valence-electron chi connectivity index (χ0n) is 10.4. The van der Waals surface area contributed by atoms with Crippen LogP contribution in [0.25, 0.3) is 0 Å². The Morgan fingerprint density at radius 1 is 0.842 bits per heavy atom. The fourth-order valence-corrected chi connectivity index (χ4v) is 2.89. The number of amides is 1. The number of hydroxylamine groups is 1. The average molecular weight is 253 g/mol. The highest BCUT2D eigenvalue weighted by atomic mass is 16.5. The largest absolute Gasteiger partial charge is 0.289 e. The first kappa shape index (κ1) is 11.9. The van der Waals surface area contributed by atoms with Crippen LogP contribution in [0.2, 0.25) is 0 Å². The summed E-state index contributed by atoms with van der Waals surface area (Å²) >= 11 is 0. The third-order valence-corrected chi connectivity index (χ3v) is 3.80. The Morgan fingerprint density at radius 2 is 1.26 bits per heavy atom. The second-order valence-corrected chi connectivity index (χ2v) is 4.87. The minimum atomic E-state index is -0.303. The minimum absolute atomic E-state index is 0.149. The van der Waals surface area contributed by atoms with E-state index in [1.54, 1.807) is 5.48 Å². The van der Waals surface area contributed by atoms with Gasteiger partial charge >= 0.3 is 0 Å². The SMILES string of the molecule is O=C(NO)C1[C@H](c2ccccc2)[C@H]1c1ccccc1. The first-order valence-corrected chi connectivity index (χ1v) is 6.37. The van der Waals surface area contributed by atoms with Crippen molar-refractivity contribution in [2.45, 2.75) is 11.8 Å². The molecule has 3 nitrogen and oxygen atoms in total. The standard InChI is InChI=1S/C16H15NO2/c18-16(17-19)15-13(11-7-3-1-4-8-11)14(15)12-9-5-2-6-10-12/h1-10,13-15,19H,(H,17,18)/t13-,14-/m1/s1. The minimum Gasteiger partial charge on any atom is -0.289 e. The van der Waals surface area contributed by atoms with E-state index in [1.165, 1.54) is 0 Å². The van der Waals surface area contributed by atoms with Gasteiger partial charge in [-0.15, -0.1) is 0 Å². The molecule has 2 aromatic rings. The Kier molecular flexibility index (Phi) is 3.05. The molecule has 3 rings (SSSR count). The number of carbonyl (C=O) groups excluding carboxylic acids is 1. The summed E-state index contributed by atoms with van der Waals surface area (Å²) in [6.45, 7) is 0. The molecule has 0 saturated heterocycles. The molecule has 3 heteroatoms. The molecule has 1 fully saturated rings. The zero-order chi connectivity index (χ0) is 13.2. The molecule has 1 amide bonds.